The maximum atomic E-state index is 12.3. The van der Waals surface area contributed by atoms with Gasteiger partial charge in [-0.05, 0) is 49.6 Å². The van der Waals surface area contributed by atoms with Crippen LogP contribution in [0.4, 0.5) is 5.69 Å². The zero-order chi connectivity index (χ0) is 17.9. The molecule has 0 atom stereocenters. The molecule has 0 aliphatic carbocycles. The lowest BCUT2D eigenvalue weighted by atomic mass is 10.1. The van der Waals surface area contributed by atoms with Gasteiger partial charge in [0.25, 0.3) is 5.91 Å². The third kappa shape index (κ3) is 5.92. The number of benzene rings is 1. The Morgan fingerprint density at radius 2 is 2.08 bits per heavy atom. The zero-order valence-corrected chi connectivity index (χ0v) is 15.0. The largest absolute Gasteiger partial charge is 0.385 e. The maximum absolute atomic E-state index is 12.3. The summed E-state index contributed by atoms with van der Waals surface area (Å²) in [7, 11) is 0. The average Bonchev–Trinajstić information content (AvgIpc) is 2.57. The number of aryl methyl sites for hydroxylation is 1. The predicted molar refractivity (Wildman–Crippen MR) is 105 cm³/mol. The molecule has 1 aromatic carbocycles. The molecular formula is C21H28N2O. The van der Waals surface area contributed by atoms with Gasteiger partial charge >= 0.3 is 0 Å². The molecule has 0 saturated heterocycles. The molecule has 0 bridgehead atoms. The van der Waals surface area contributed by atoms with E-state index in [1.165, 1.54) is 0 Å². The van der Waals surface area contributed by atoms with E-state index in [1.54, 1.807) is 12.2 Å². The molecule has 24 heavy (non-hydrogen) atoms. The summed E-state index contributed by atoms with van der Waals surface area (Å²) < 4.78 is 0. The van der Waals surface area contributed by atoms with Crippen LogP contribution in [0, 0.1) is 6.92 Å². The molecule has 3 nitrogen and oxygen atoms in total. The zero-order valence-electron chi connectivity index (χ0n) is 15.0. The molecule has 128 valence electrons. The number of hydrogen-bond acceptors (Lipinski definition) is 2. The third-order valence-corrected chi connectivity index (χ3v) is 3.64. The van der Waals surface area contributed by atoms with Crippen LogP contribution in [-0.2, 0) is 4.79 Å². The highest BCUT2D eigenvalue weighted by atomic mass is 16.1. The van der Waals surface area contributed by atoms with Crippen molar-refractivity contribution in [3.05, 3.63) is 72.4 Å². The fourth-order valence-corrected chi connectivity index (χ4v) is 2.14. The molecule has 0 aliphatic rings. The molecule has 0 aliphatic heterocycles. The molecule has 0 radical (unpaired) electrons. The molecule has 1 amide bonds. The highest BCUT2D eigenvalue weighted by Gasteiger charge is 2.09. The lowest BCUT2D eigenvalue weighted by Crippen LogP contribution is -2.15. The van der Waals surface area contributed by atoms with Crippen molar-refractivity contribution in [1.82, 2.24) is 5.32 Å². The van der Waals surface area contributed by atoms with Gasteiger partial charge in [0.1, 0.15) is 0 Å². The minimum absolute atomic E-state index is 0.168. The summed E-state index contributed by atoms with van der Waals surface area (Å²) in [4.78, 5) is 12.3. The van der Waals surface area contributed by atoms with Gasteiger partial charge in [0.05, 0.1) is 0 Å². The van der Waals surface area contributed by atoms with E-state index in [0.717, 1.165) is 41.9 Å². The van der Waals surface area contributed by atoms with Crippen molar-refractivity contribution in [2.24, 2.45) is 0 Å². The Labute approximate surface area is 145 Å². The van der Waals surface area contributed by atoms with E-state index in [2.05, 4.69) is 30.7 Å². The normalized spacial score (nSPS) is 11.4. The summed E-state index contributed by atoms with van der Waals surface area (Å²) in [6, 6.07) is 5.90. The number of rotatable bonds is 9. The summed E-state index contributed by atoms with van der Waals surface area (Å²) in [5.74, 6) is -0.168. The SMILES string of the molecule is C=C/C(=C\C=C/C)C(=O)Nc1ccc(C(=C)NCCCC)cc1C. The van der Waals surface area contributed by atoms with Gasteiger partial charge < -0.3 is 10.6 Å². The Balaban J connectivity index is 2.83. The fourth-order valence-electron chi connectivity index (χ4n) is 2.14. The van der Waals surface area contributed by atoms with Crippen molar-refractivity contribution in [1.29, 1.82) is 0 Å². The first-order valence-corrected chi connectivity index (χ1v) is 8.34. The van der Waals surface area contributed by atoms with Crippen LogP contribution < -0.4 is 10.6 Å². The number of amides is 1. The van der Waals surface area contributed by atoms with Crippen LogP contribution in [0.25, 0.3) is 5.70 Å². The van der Waals surface area contributed by atoms with Crippen LogP contribution in [0.1, 0.15) is 37.8 Å². The van der Waals surface area contributed by atoms with Gasteiger partial charge in [0, 0.05) is 23.5 Å². The summed E-state index contributed by atoms with van der Waals surface area (Å²) >= 11 is 0. The monoisotopic (exact) mass is 324 g/mol. The van der Waals surface area contributed by atoms with E-state index >= 15 is 0 Å². The van der Waals surface area contributed by atoms with Gasteiger partial charge in [-0.3, -0.25) is 4.79 Å². The van der Waals surface area contributed by atoms with Gasteiger partial charge in [-0.25, -0.2) is 0 Å². The van der Waals surface area contributed by atoms with Crippen LogP contribution in [0.2, 0.25) is 0 Å². The molecule has 0 fully saturated rings. The molecule has 1 rings (SSSR count). The molecule has 0 spiro atoms. The van der Waals surface area contributed by atoms with Crippen LogP contribution in [0.15, 0.2) is 61.2 Å². The van der Waals surface area contributed by atoms with Crippen LogP contribution in [0.5, 0.6) is 0 Å². The minimum Gasteiger partial charge on any atom is -0.385 e. The first-order chi connectivity index (χ1) is 11.5. The topological polar surface area (TPSA) is 41.1 Å². The van der Waals surface area contributed by atoms with Crippen LogP contribution in [0.3, 0.4) is 0 Å². The van der Waals surface area contributed by atoms with Crippen LogP contribution >= 0.6 is 0 Å². The average molecular weight is 324 g/mol. The third-order valence-electron chi connectivity index (χ3n) is 3.64. The Morgan fingerprint density at radius 1 is 1.33 bits per heavy atom. The van der Waals surface area contributed by atoms with Gasteiger partial charge in [0.15, 0.2) is 0 Å². The van der Waals surface area contributed by atoms with Crippen molar-refractivity contribution in [3.8, 4) is 0 Å². The first kappa shape index (κ1) is 19.5. The summed E-state index contributed by atoms with van der Waals surface area (Å²) in [5.41, 5.74) is 4.26. The van der Waals surface area contributed by atoms with E-state index < -0.39 is 0 Å². The number of unbranched alkanes of at least 4 members (excludes halogenated alkanes) is 1. The molecule has 3 heteroatoms. The molecule has 0 saturated carbocycles. The van der Waals surface area contributed by atoms with Crippen molar-refractivity contribution in [2.75, 3.05) is 11.9 Å². The van der Waals surface area contributed by atoms with E-state index in [1.807, 2.05) is 44.2 Å². The highest BCUT2D eigenvalue weighted by molar-refractivity contribution is 6.06. The molecule has 2 N–H and O–H groups in total. The number of carbonyl (C=O) groups is 1. The summed E-state index contributed by atoms with van der Waals surface area (Å²) in [6.07, 6.45) is 9.25. The second-order valence-corrected chi connectivity index (χ2v) is 5.59. The lowest BCUT2D eigenvalue weighted by molar-refractivity contribution is -0.112. The quantitative estimate of drug-likeness (QED) is 0.382. The Bertz CT molecular complexity index is 654. The number of nitrogens with one attached hydrogen (secondary N) is 2. The molecule has 0 aromatic heterocycles. The van der Waals surface area contributed by atoms with Gasteiger partial charge in [-0.15, -0.1) is 0 Å². The molecule has 0 unspecified atom stereocenters. The van der Waals surface area contributed by atoms with E-state index in [9.17, 15) is 4.79 Å². The van der Waals surface area contributed by atoms with Crippen molar-refractivity contribution in [2.45, 2.75) is 33.6 Å². The van der Waals surface area contributed by atoms with Crippen LogP contribution in [-0.4, -0.2) is 12.5 Å². The van der Waals surface area contributed by atoms with Crippen molar-refractivity contribution < 1.29 is 4.79 Å². The predicted octanol–water partition coefficient (Wildman–Crippen LogP) is 4.98. The molecular weight excluding hydrogens is 296 g/mol. The minimum atomic E-state index is -0.168. The fraction of sp³-hybridized carbons (Fsp3) is 0.286. The van der Waals surface area contributed by atoms with E-state index in [-0.39, 0.29) is 5.91 Å². The van der Waals surface area contributed by atoms with Gasteiger partial charge in [-0.2, -0.15) is 0 Å². The van der Waals surface area contributed by atoms with Crippen molar-refractivity contribution in [3.63, 3.8) is 0 Å². The van der Waals surface area contributed by atoms with E-state index in [0.29, 0.717) is 5.57 Å². The summed E-state index contributed by atoms with van der Waals surface area (Å²) in [5, 5.41) is 6.25. The van der Waals surface area contributed by atoms with E-state index in [4.69, 9.17) is 0 Å². The highest BCUT2D eigenvalue weighted by Crippen LogP contribution is 2.20. The Morgan fingerprint density at radius 3 is 2.67 bits per heavy atom. The standard InChI is InChI=1S/C21H28N2O/c1-6-9-11-18(8-3)21(24)23-20-13-12-19(15-16(20)4)17(5)22-14-10-7-2/h6,8-9,11-13,15,22H,3,5,7,10,14H2,1-2,4H3,(H,23,24)/b9-6-,18-11+. The molecule has 0 heterocycles. The number of anilines is 1. The second-order valence-electron chi connectivity index (χ2n) is 5.59. The Hall–Kier alpha value is -2.55. The van der Waals surface area contributed by atoms with Crippen molar-refractivity contribution >= 4 is 17.3 Å². The smallest absolute Gasteiger partial charge is 0.255 e. The van der Waals surface area contributed by atoms with Gasteiger partial charge in [-0.1, -0.05) is 50.8 Å². The maximum Gasteiger partial charge on any atom is 0.255 e. The second kappa shape index (κ2) is 10.3. The number of carbonyl (C=O) groups excluding carboxylic acids is 1. The number of allylic oxidation sites excluding steroid dienone is 3. The molecule has 1 aromatic rings. The lowest BCUT2D eigenvalue weighted by Gasteiger charge is -2.13. The Kier molecular flexibility index (Phi) is 8.34. The first-order valence-electron chi connectivity index (χ1n) is 8.34. The number of hydrogen-bond donors (Lipinski definition) is 2. The summed E-state index contributed by atoms with van der Waals surface area (Å²) in [6.45, 7) is 14.7. The van der Waals surface area contributed by atoms with Gasteiger partial charge in [0.2, 0.25) is 0 Å².